The normalized spacial score (nSPS) is 11.7. The van der Waals surface area contributed by atoms with Crippen LogP contribution in [0.3, 0.4) is 0 Å². The molecule has 0 saturated heterocycles. The lowest BCUT2D eigenvalue weighted by Crippen LogP contribution is -2.14. The zero-order valence-corrected chi connectivity index (χ0v) is 17.7. The highest BCUT2D eigenvalue weighted by molar-refractivity contribution is 5.66. The Morgan fingerprint density at radius 2 is 1.57 bits per heavy atom. The first-order chi connectivity index (χ1) is 14.6. The maximum absolute atomic E-state index is 6.42. The molecule has 1 atom stereocenters. The van der Waals surface area contributed by atoms with E-state index in [-0.39, 0.29) is 0 Å². The average Bonchev–Trinajstić information content (AvgIpc) is 3.28. The smallest absolute Gasteiger partial charge is 0.203 e. The van der Waals surface area contributed by atoms with E-state index in [2.05, 4.69) is 15.2 Å². The molecule has 9 nitrogen and oxygen atoms in total. The number of rotatable bonds is 9. The first-order valence-corrected chi connectivity index (χ1v) is 9.35. The van der Waals surface area contributed by atoms with Gasteiger partial charge in [-0.2, -0.15) is 5.10 Å². The largest absolute Gasteiger partial charge is 0.493 e. The van der Waals surface area contributed by atoms with Crippen LogP contribution in [-0.2, 0) is 0 Å². The lowest BCUT2D eigenvalue weighted by Gasteiger charge is -2.14. The number of nitrogens with two attached hydrogens (primary N) is 1. The quantitative estimate of drug-likeness (QED) is 0.549. The van der Waals surface area contributed by atoms with Gasteiger partial charge in [-0.1, -0.05) is 6.07 Å². The number of hydrogen-bond acceptors (Lipinski definition) is 8. The van der Waals surface area contributed by atoms with Gasteiger partial charge in [0.05, 0.1) is 41.1 Å². The van der Waals surface area contributed by atoms with E-state index in [9.17, 15) is 0 Å². The molecular weight excluding hydrogens is 388 g/mol. The maximum atomic E-state index is 6.42. The molecule has 0 radical (unpaired) electrons. The lowest BCUT2D eigenvalue weighted by molar-refractivity contribution is 0.310. The van der Waals surface area contributed by atoms with Gasteiger partial charge in [0.25, 0.3) is 0 Å². The molecule has 0 fully saturated rings. The van der Waals surface area contributed by atoms with Gasteiger partial charge < -0.3 is 29.4 Å². The van der Waals surface area contributed by atoms with Crippen molar-refractivity contribution >= 4 is 0 Å². The number of nitrogens with zero attached hydrogens (tertiary/aromatic N) is 2. The van der Waals surface area contributed by atoms with E-state index in [4.69, 9.17) is 29.4 Å². The van der Waals surface area contributed by atoms with Crippen molar-refractivity contribution in [2.75, 3.05) is 35.0 Å². The molecule has 160 valence electrons. The molecule has 1 unspecified atom stereocenters. The van der Waals surface area contributed by atoms with Gasteiger partial charge in [-0.05, 0) is 36.8 Å². The highest BCUT2D eigenvalue weighted by atomic mass is 16.5. The molecule has 0 aliphatic carbocycles. The zero-order valence-electron chi connectivity index (χ0n) is 17.7. The van der Waals surface area contributed by atoms with Crippen LogP contribution in [0.5, 0.6) is 28.7 Å². The predicted molar refractivity (Wildman–Crippen MR) is 112 cm³/mol. The van der Waals surface area contributed by atoms with Crippen molar-refractivity contribution in [2.24, 2.45) is 5.73 Å². The van der Waals surface area contributed by atoms with Crippen LogP contribution in [0.15, 0.2) is 30.3 Å². The SMILES string of the molecule is CCOc1cc(C(N)c2nc(-c3cc(OC)c(OC)c(OC)c3)n[nH]2)ccc1OC. The predicted octanol–water partition coefficient (Wildman–Crippen LogP) is 2.95. The van der Waals surface area contributed by atoms with Gasteiger partial charge in [-0.15, -0.1) is 0 Å². The molecule has 0 aliphatic heterocycles. The topological polar surface area (TPSA) is 114 Å². The molecule has 30 heavy (non-hydrogen) atoms. The molecule has 0 saturated carbocycles. The van der Waals surface area contributed by atoms with E-state index in [1.54, 1.807) is 40.6 Å². The van der Waals surface area contributed by atoms with Crippen LogP contribution in [-0.4, -0.2) is 50.2 Å². The van der Waals surface area contributed by atoms with Crippen LogP contribution in [0.4, 0.5) is 0 Å². The number of H-pyrrole nitrogens is 1. The zero-order chi connectivity index (χ0) is 21.7. The first-order valence-electron chi connectivity index (χ1n) is 9.35. The van der Waals surface area contributed by atoms with Crippen molar-refractivity contribution in [2.45, 2.75) is 13.0 Å². The second kappa shape index (κ2) is 9.36. The number of methoxy groups -OCH3 is 4. The van der Waals surface area contributed by atoms with Crippen molar-refractivity contribution in [3.8, 4) is 40.1 Å². The average molecular weight is 414 g/mol. The minimum absolute atomic E-state index is 0.457. The Bertz CT molecular complexity index is 980. The van der Waals surface area contributed by atoms with E-state index in [0.717, 1.165) is 5.56 Å². The number of aromatic amines is 1. The molecule has 0 amide bonds. The molecule has 1 heterocycles. The lowest BCUT2D eigenvalue weighted by atomic mass is 10.1. The van der Waals surface area contributed by atoms with Gasteiger partial charge in [0.1, 0.15) is 5.82 Å². The fourth-order valence-electron chi connectivity index (χ4n) is 3.07. The molecule has 0 spiro atoms. The highest BCUT2D eigenvalue weighted by Gasteiger charge is 2.20. The number of ether oxygens (including phenoxy) is 5. The van der Waals surface area contributed by atoms with Gasteiger partial charge in [-0.25, -0.2) is 4.98 Å². The molecule has 2 aromatic carbocycles. The van der Waals surface area contributed by atoms with Gasteiger partial charge in [0, 0.05) is 5.56 Å². The summed E-state index contributed by atoms with van der Waals surface area (Å²) in [6, 6.07) is 8.55. The highest BCUT2D eigenvalue weighted by Crippen LogP contribution is 2.40. The second-order valence-corrected chi connectivity index (χ2v) is 6.28. The van der Waals surface area contributed by atoms with E-state index in [0.29, 0.717) is 52.6 Å². The van der Waals surface area contributed by atoms with E-state index >= 15 is 0 Å². The Hall–Kier alpha value is -3.46. The van der Waals surface area contributed by atoms with Gasteiger partial charge in [0.2, 0.25) is 5.75 Å². The van der Waals surface area contributed by atoms with Gasteiger partial charge in [0.15, 0.2) is 28.8 Å². The van der Waals surface area contributed by atoms with Crippen molar-refractivity contribution in [3.05, 3.63) is 41.7 Å². The Morgan fingerprint density at radius 3 is 2.13 bits per heavy atom. The van der Waals surface area contributed by atoms with Gasteiger partial charge in [-0.3, -0.25) is 5.10 Å². The summed E-state index contributed by atoms with van der Waals surface area (Å²) in [6.07, 6.45) is 0. The van der Waals surface area contributed by atoms with Crippen molar-refractivity contribution < 1.29 is 23.7 Å². The third kappa shape index (κ3) is 4.11. The molecule has 3 aromatic rings. The van der Waals surface area contributed by atoms with Crippen LogP contribution < -0.4 is 29.4 Å². The summed E-state index contributed by atoms with van der Waals surface area (Å²) in [5.41, 5.74) is 7.93. The number of hydrogen-bond donors (Lipinski definition) is 2. The fraction of sp³-hybridized carbons (Fsp3) is 0.333. The number of aromatic nitrogens is 3. The molecule has 3 N–H and O–H groups in total. The van der Waals surface area contributed by atoms with Crippen molar-refractivity contribution in [1.82, 2.24) is 15.2 Å². The summed E-state index contributed by atoms with van der Waals surface area (Å²) in [4.78, 5) is 4.57. The monoisotopic (exact) mass is 414 g/mol. The first kappa shape index (κ1) is 21.3. The fourth-order valence-corrected chi connectivity index (χ4v) is 3.07. The Morgan fingerprint density at radius 1 is 0.900 bits per heavy atom. The van der Waals surface area contributed by atoms with Crippen LogP contribution in [0.1, 0.15) is 24.4 Å². The molecule has 9 heteroatoms. The van der Waals surface area contributed by atoms with E-state index in [1.807, 2.05) is 25.1 Å². The maximum Gasteiger partial charge on any atom is 0.203 e. The van der Waals surface area contributed by atoms with E-state index < -0.39 is 6.04 Å². The van der Waals surface area contributed by atoms with Crippen molar-refractivity contribution in [3.63, 3.8) is 0 Å². The Kier molecular flexibility index (Phi) is 6.63. The van der Waals surface area contributed by atoms with Gasteiger partial charge >= 0.3 is 0 Å². The summed E-state index contributed by atoms with van der Waals surface area (Å²) in [5.74, 6) is 3.75. The Balaban J connectivity index is 1.94. The summed E-state index contributed by atoms with van der Waals surface area (Å²) < 4.78 is 27.1. The summed E-state index contributed by atoms with van der Waals surface area (Å²) in [7, 11) is 6.26. The molecular formula is C21H26N4O5. The second-order valence-electron chi connectivity index (χ2n) is 6.28. The summed E-state index contributed by atoms with van der Waals surface area (Å²) in [6.45, 7) is 2.43. The Labute approximate surface area is 175 Å². The third-order valence-corrected chi connectivity index (χ3v) is 4.57. The third-order valence-electron chi connectivity index (χ3n) is 4.57. The van der Waals surface area contributed by atoms with Crippen LogP contribution in [0, 0.1) is 0 Å². The molecule has 3 rings (SSSR count). The van der Waals surface area contributed by atoms with E-state index in [1.165, 1.54) is 0 Å². The standard InChI is InChI=1S/C21H26N4O5/c1-6-30-15-9-12(7-8-14(15)26-2)18(22)21-23-20(24-25-21)13-10-16(27-3)19(29-5)17(11-13)28-4/h7-11,18H,6,22H2,1-5H3,(H,23,24,25). The number of benzene rings is 2. The van der Waals surface area contributed by atoms with Crippen LogP contribution >= 0.6 is 0 Å². The van der Waals surface area contributed by atoms with Crippen LogP contribution in [0.25, 0.3) is 11.4 Å². The molecule has 0 aliphatic rings. The summed E-state index contributed by atoms with van der Waals surface area (Å²) >= 11 is 0. The van der Waals surface area contributed by atoms with Crippen LogP contribution in [0.2, 0.25) is 0 Å². The minimum atomic E-state index is -0.529. The molecule has 1 aromatic heterocycles. The number of nitrogens with one attached hydrogen (secondary N) is 1. The molecule has 0 bridgehead atoms. The summed E-state index contributed by atoms with van der Waals surface area (Å²) in [5, 5.41) is 7.22. The minimum Gasteiger partial charge on any atom is -0.493 e. The van der Waals surface area contributed by atoms with Crippen molar-refractivity contribution in [1.29, 1.82) is 0 Å².